The van der Waals surface area contributed by atoms with Gasteiger partial charge in [0.25, 0.3) is 5.91 Å². The number of halogens is 1. The summed E-state index contributed by atoms with van der Waals surface area (Å²) >= 11 is 11.5. The van der Waals surface area contributed by atoms with Gasteiger partial charge in [0.1, 0.15) is 11.9 Å². The summed E-state index contributed by atoms with van der Waals surface area (Å²) in [6.07, 6.45) is 0.711. The predicted octanol–water partition coefficient (Wildman–Crippen LogP) is 4.29. The van der Waals surface area contributed by atoms with Crippen molar-refractivity contribution in [3.05, 3.63) is 57.8 Å². The van der Waals surface area contributed by atoms with Gasteiger partial charge in [-0.25, -0.2) is 9.55 Å². The lowest BCUT2D eigenvalue weighted by atomic mass is 10.1. The van der Waals surface area contributed by atoms with Crippen LogP contribution >= 0.6 is 23.8 Å². The zero-order valence-corrected chi connectivity index (χ0v) is 19.8. The standard InChI is InChI=1S/C24H24ClN5O2S/c1-15-6-7-16(25)14-20(15)28-10-12-29(13-11-28)21(31)9-8-19-23(32)30-22(26-19)17-4-2-3-5-18(17)27-24(30)33/h2-7,14,19,26H,8-13H2,1H3/t19-/m1/s1. The lowest BCUT2D eigenvalue weighted by Crippen LogP contribution is -2.49. The molecule has 3 heterocycles. The van der Waals surface area contributed by atoms with Crippen LogP contribution in [0.3, 0.4) is 0 Å². The number of nitrogens with one attached hydrogen (secondary N) is 1. The van der Waals surface area contributed by atoms with Gasteiger partial charge in [0, 0.05) is 48.7 Å². The highest BCUT2D eigenvalue weighted by molar-refractivity contribution is 7.71. The van der Waals surface area contributed by atoms with E-state index < -0.39 is 6.04 Å². The summed E-state index contributed by atoms with van der Waals surface area (Å²) in [5, 5.41) is 4.84. The molecular weight excluding hydrogens is 458 g/mol. The molecule has 5 rings (SSSR count). The molecule has 9 heteroatoms. The molecule has 33 heavy (non-hydrogen) atoms. The van der Waals surface area contributed by atoms with Crippen molar-refractivity contribution in [2.75, 3.05) is 36.4 Å². The summed E-state index contributed by atoms with van der Waals surface area (Å²) in [4.78, 5) is 34.4. The Hall–Kier alpha value is -2.97. The number of aryl methyl sites for hydroxylation is 1. The maximum Gasteiger partial charge on any atom is 0.257 e. The van der Waals surface area contributed by atoms with E-state index in [2.05, 4.69) is 22.1 Å². The normalized spacial score (nSPS) is 17.9. The minimum absolute atomic E-state index is 0.0644. The molecule has 2 aliphatic rings. The van der Waals surface area contributed by atoms with Crippen LogP contribution in [0.4, 0.5) is 11.5 Å². The van der Waals surface area contributed by atoms with Crippen LogP contribution in [-0.2, 0) is 4.79 Å². The molecule has 0 saturated carbocycles. The van der Waals surface area contributed by atoms with E-state index in [0.29, 0.717) is 36.8 Å². The van der Waals surface area contributed by atoms with Crippen LogP contribution in [-0.4, -0.2) is 58.5 Å². The Morgan fingerprint density at radius 2 is 1.94 bits per heavy atom. The summed E-state index contributed by atoms with van der Waals surface area (Å²) in [7, 11) is 0. The smallest absolute Gasteiger partial charge is 0.257 e. The third-order valence-corrected chi connectivity index (χ3v) is 6.92. The van der Waals surface area contributed by atoms with Gasteiger partial charge in [-0.1, -0.05) is 29.8 Å². The number of benzene rings is 2. The third kappa shape index (κ3) is 4.09. The highest BCUT2D eigenvalue weighted by Crippen LogP contribution is 2.29. The Labute approximate surface area is 202 Å². The lowest BCUT2D eigenvalue weighted by Gasteiger charge is -2.37. The van der Waals surface area contributed by atoms with E-state index in [4.69, 9.17) is 23.8 Å². The lowest BCUT2D eigenvalue weighted by molar-refractivity contribution is -0.131. The summed E-state index contributed by atoms with van der Waals surface area (Å²) in [5.41, 5.74) is 3.04. The Kier molecular flexibility index (Phi) is 5.80. The number of piperazine rings is 1. The fraction of sp³-hybridized carbons (Fsp3) is 0.333. The van der Waals surface area contributed by atoms with Crippen LogP contribution in [0.1, 0.15) is 23.2 Å². The molecule has 1 N–H and O–H groups in total. The Bertz CT molecular complexity index is 1320. The molecule has 1 aromatic heterocycles. The van der Waals surface area contributed by atoms with Crippen LogP contribution < -0.4 is 10.2 Å². The first-order valence-corrected chi connectivity index (χ1v) is 11.8. The molecule has 2 aliphatic heterocycles. The van der Waals surface area contributed by atoms with Gasteiger partial charge in [-0.15, -0.1) is 0 Å². The second-order valence-electron chi connectivity index (χ2n) is 8.47. The van der Waals surface area contributed by atoms with Crippen molar-refractivity contribution in [2.24, 2.45) is 0 Å². The van der Waals surface area contributed by atoms with Crippen molar-refractivity contribution >= 4 is 58.0 Å². The fourth-order valence-electron chi connectivity index (χ4n) is 4.61. The molecule has 0 spiro atoms. The number of rotatable bonds is 4. The molecule has 0 aliphatic carbocycles. The molecule has 1 fully saturated rings. The predicted molar refractivity (Wildman–Crippen MR) is 133 cm³/mol. The van der Waals surface area contributed by atoms with Crippen molar-refractivity contribution in [1.29, 1.82) is 0 Å². The van der Waals surface area contributed by atoms with Gasteiger partial charge in [0.15, 0.2) is 0 Å². The van der Waals surface area contributed by atoms with E-state index >= 15 is 0 Å². The molecule has 3 aromatic rings. The molecule has 0 radical (unpaired) electrons. The SMILES string of the molecule is Cc1ccc(Cl)cc1N1CCN(C(=O)CC[C@H]2Nc3c4ccccc4nc(=S)n3C2=O)CC1. The number of para-hydroxylation sites is 1. The number of anilines is 2. The number of nitrogens with zero attached hydrogens (tertiary/aromatic N) is 4. The largest absolute Gasteiger partial charge is 0.368 e. The van der Waals surface area contributed by atoms with Gasteiger partial charge in [0.2, 0.25) is 10.7 Å². The van der Waals surface area contributed by atoms with Crippen molar-refractivity contribution in [2.45, 2.75) is 25.8 Å². The maximum absolute atomic E-state index is 13.0. The molecule has 0 unspecified atom stereocenters. The van der Waals surface area contributed by atoms with E-state index in [1.165, 1.54) is 10.1 Å². The fourth-order valence-corrected chi connectivity index (χ4v) is 5.06. The maximum atomic E-state index is 13.0. The molecule has 1 amide bonds. The second kappa shape index (κ2) is 8.76. The summed E-state index contributed by atoms with van der Waals surface area (Å²) < 4.78 is 1.70. The first kappa shape index (κ1) is 21.9. The average molecular weight is 482 g/mol. The molecule has 0 bridgehead atoms. The van der Waals surface area contributed by atoms with Crippen molar-refractivity contribution < 1.29 is 9.59 Å². The number of amides is 1. The number of carbonyl (C=O) groups is 2. The number of hydrogen-bond acceptors (Lipinski definition) is 6. The van der Waals surface area contributed by atoms with Gasteiger partial charge in [-0.2, -0.15) is 0 Å². The second-order valence-corrected chi connectivity index (χ2v) is 9.27. The highest BCUT2D eigenvalue weighted by atomic mass is 35.5. The van der Waals surface area contributed by atoms with E-state index in [1.807, 2.05) is 47.4 Å². The van der Waals surface area contributed by atoms with Gasteiger partial charge < -0.3 is 15.1 Å². The highest BCUT2D eigenvalue weighted by Gasteiger charge is 2.33. The number of carbonyl (C=O) groups excluding carboxylic acids is 2. The Morgan fingerprint density at radius 3 is 2.73 bits per heavy atom. The average Bonchev–Trinajstić information content (AvgIpc) is 3.16. The van der Waals surface area contributed by atoms with E-state index in [0.717, 1.165) is 29.7 Å². The molecule has 1 atom stereocenters. The molecule has 170 valence electrons. The summed E-state index contributed by atoms with van der Waals surface area (Å²) in [6, 6.07) is 13.0. The van der Waals surface area contributed by atoms with Gasteiger partial charge in [0.05, 0.1) is 5.52 Å². The van der Waals surface area contributed by atoms with Crippen LogP contribution in [0.2, 0.25) is 5.02 Å². The first-order chi connectivity index (χ1) is 15.9. The van der Waals surface area contributed by atoms with Crippen molar-refractivity contribution in [3.63, 3.8) is 0 Å². The van der Waals surface area contributed by atoms with E-state index in [1.54, 1.807) is 0 Å². The van der Waals surface area contributed by atoms with Crippen LogP contribution in [0.15, 0.2) is 42.5 Å². The van der Waals surface area contributed by atoms with Crippen LogP contribution in [0, 0.1) is 11.7 Å². The number of hydrogen-bond donors (Lipinski definition) is 1. The number of fused-ring (bicyclic) bond motifs is 3. The van der Waals surface area contributed by atoms with Crippen LogP contribution in [0.25, 0.3) is 10.9 Å². The quantitative estimate of drug-likeness (QED) is 0.560. The van der Waals surface area contributed by atoms with Gasteiger partial charge in [-0.05, 0) is 55.4 Å². The third-order valence-electron chi connectivity index (χ3n) is 6.41. The van der Waals surface area contributed by atoms with Crippen molar-refractivity contribution in [1.82, 2.24) is 14.5 Å². The Morgan fingerprint density at radius 1 is 1.18 bits per heavy atom. The molecule has 1 saturated heterocycles. The molecule has 7 nitrogen and oxygen atoms in total. The minimum atomic E-state index is -0.487. The first-order valence-electron chi connectivity index (χ1n) is 11.0. The van der Waals surface area contributed by atoms with Crippen LogP contribution in [0.5, 0.6) is 0 Å². The van der Waals surface area contributed by atoms with E-state index in [9.17, 15) is 9.59 Å². The number of aromatic nitrogens is 2. The Balaban J connectivity index is 1.21. The van der Waals surface area contributed by atoms with Gasteiger partial charge in [-0.3, -0.25) is 9.59 Å². The topological polar surface area (TPSA) is 70.5 Å². The molecular formula is C24H24ClN5O2S. The monoisotopic (exact) mass is 481 g/mol. The zero-order chi connectivity index (χ0) is 23.1. The zero-order valence-electron chi connectivity index (χ0n) is 18.3. The summed E-state index contributed by atoms with van der Waals surface area (Å²) in [5.74, 6) is 0.579. The van der Waals surface area contributed by atoms with E-state index in [-0.39, 0.29) is 16.6 Å². The van der Waals surface area contributed by atoms with Crippen molar-refractivity contribution in [3.8, 4) is 0 Å². The minimum Gasteiger partial charge on any atom is -0.368 e. The summed E-state index contributed by atoms with van der Waals surface area (Å²) in [6.45, 7) is 4.88. The van der Waals surface area contributed by atoms with Gasteiger partial charge >= 0.3 is 0 Å². The molecule has 2 aromatic carbocycles.